The Morgan fingerprint density at radius 1 is 1.15 bits per heavy atom. The molecular formula is C11H25NS. The van der Waals surface area contributed by atoms with Crippen LogP contribution in [0.5, 0.6) is 0 Å². The molecule has 13 heavy (non-hydrogen) atoms. The van der Waals surface area contributed by atoms with E-state index in [1.54, 1.807) is 0 Å². The van der Waals surface area contributed by atoms with Gasteiger partial charge in [0.25, 0.3) is 0 Å². The third kappa shape index (κ3) is 7.39. The van der Waals surface area contributed by atoms with E-state index in [1.165, 1.54) is 24.3 Å². The normalized spacial score (nSPS) is 13.6. The summed E-state index contributed by atoms with van der Waals surface area (Å²) in [6.45, 7) is 10.2. The minimum Gasteiger partial charge on any atom is -0.313 e. The van der Waals surface area contributed by atoms with Gasteiger partial charge in [0.15, 0.2) is 0 Å². The van der Waals surface area contributed by atoms with Gasteiger partial charge in [-0.2, -0.15) is 11.8 Å². The van der Waals surface area contributed by atoms with Crippen LogP contribution in [0.1, 0.15) is 40.5 Å². The summed E-state index contributed by atoms with van der Waals surface area (Å²) in [5.74, 6) is 3.33. The van der Waals surface area contributed by atoms with Crippen LogP contribution in [0.4, 0.5) is 0 Å². The molecule has 1 atom stereocenters. The topological polar surface area (TPSA) is 12.0 Å². The Hall–Kier alpha value is 0.310. The van der Waals surface area contributed by atoms with Gasteiger partial charge in [-0.3, -0.25) is 0 Å². The van der Waals surface area contributed by atoms with Gasteiger partial charge in [0.2, 0.25) is 0 Å². The number of thioether (sulfide) groups is 1. The SMILES string of the molecule is CCCNC(CSCCC)C(C)C. The molecule has 0 amide bonds. The predicted octanol–water partition coefficient (Wildman–Crippen LogP) is 3.15. The number of hydrogen-bond donors (Lipinski definition) is 1. The predicted molar refractivity (Wildman–Crippen MR) is 64.5 cm³/mol. The van der Waals surface area contributed by atoms with Crippen LogP contribution in [-0.4, -0.2) is 24.1 Å². The highest BCUT2D eigenvalue weighted by molar-refractivity contribution is 7.99. The molecule has 1 nitrogen and oxygen atoms in total. The van der Waals surface area contributed by atoms with Crippen molar-refractivity contribution >= 4 is 11.8 Å². The molecule has 0 aliphatic carbocycles. The van der Waals surface area contributed by atoms with Crippen LogP contribution in [0, 0.1) is 5.92 Å². The van der Waals surface area contributed by atoms with Gasteiger partial charge in [-0.1, -0.05) is 27.7 Å². The molecule has 0 heterocycles. The summed E-state index contributed by atoms with van der Waals surface area (Å²) in [7, 11) is 0. The Morgan fingerprint density at radius 2 is 1.85 bits per heavy atom. The second-order valence-corrected chi connectivity index (χ2v) is 5.03. The smallest absolute Gasteiger partial charge is 0.0181 e. The Balaban J connectivity index is 3.54. The van der Waals surface area contributed by atoms with E-state index in [4.69, 9.17) is 0 Å². The van der Waals surface area contributed by atoms with Crippen molar-refractivity contribution in [3.8, 4) is 0 Å². The van der Waals surface area contributed by atoms with Gasteiger partial charge in [0.05, 0.1) is 0 Å². The average Bonchev–Trinajstić information content (AvgIpc) is 2.10. The first-order valence-corrected chi connectivity index (χ1v) is 6.68. The lowest BCUT2D eigenvalue weighted by Gasteiger charge is -2.21. The third-order valence-corrected chi connectivity index (χ3v) is 3.40. The molecule has 0 rings (SSSR count). The molecule has 1 N–H and O–H groups in total. The molecule has 0 fully saturated rings. The highest BCUT2D eigenvalue weighted by Gasteiger charge is 2.11. The quantitative estimate of drug-likeness (QED) is 0.608. The van der Waals surface area contributed by atoms with Gasteiger partial charge < -0.3 is 5.32 Å². The molecule has 0 aromatic heterocycles. The molecule has 0 aromatic rings. The second kappa shape index (κ2) is 8.89. The summed E-state index contributed by atoms with van der Waals surface area (Å²) in [6.07, 6.45) is 2.53. The lowest BCUT2D eigenvalue weighted by atomic mass is 10.1. The maximum atomic E-state index is 3.61. The first-order valence-electron chi connectivity index (χ1n) is 5.53. The van der Waals surface area contributed by atoms with Crippen molar-refractivity contribution in [3.05, 3.63) is 0 Å². The van der Waals surface area contributed by atoms with Crippen LogP contribution in [0.2, 0.25) is 0 Å². The molecule has 0 aromatic carbocycles. The molecule has 0 bridgehead atoms. The number of nitrogens with one attached hydrogen (secondary N) is 1. The first kappa shape index (κ1) is 13.3. The van der Waals surface area contributed by atoms with E-state index in [0.717, 1.165) is 12.5 Å². The standard InChI is InChI=1S/C11H25NS/c1-5-7-12-11(10(3)4)9-13-8-6-2/h10-12H,5-9H2,1-4H3. The molecule has 80 valence electrons. The van der Waals surface area contributed by atoms with Crippen molar-refractivity contribution in [1.29, 1.82) is 0 Å². The molecule has 2 heteroatoms. The Bertz CT molecular complexity index is 104. The van der Waals surface area contributed by atoms with E-state index >= 15 is 0 Å². The van der Waals surface area contributed by atoms with Gasteiger partial charge in [-0.25, -0.2) is 0 Å². The van der Waals surface area contributed by atoms with Crippen LogP contribution in [-0.2, 0) is 0 Å². The van der Waals surface area contributed by atoms with Crippen LogP contribution in [0.25, 0.3) is 0 Å². The van der Waals surface area contributed by atoms with E-state index in [0.29, 0.717) is 6.04 Å². The Morgan fingerprint density at radius 3 is 2.31 bits per heavy atom. The van der Waals surface area contributed by atoms with E-state index < -0.39 is 0 Å². The Labute approximate surface area is 88.1 Å². The largest absolute Gasteiger partial charge is 0.313 e. The fourth-order valence-corrected chi connectivity index (χ4v) is 2.38. The van der Waals surface area contributed by atoms with Crippen molar-refractivity contribution < 1.29 is 0 Å². The minimum atomic E-state index is 0.705. The third-order valence-electron chi connectivity index (χ3n) is 2.11. The summed E-state index contributed by atoms with van der Waals surface area (Å²) in [6, 6.07) is 0.705. The van der Waals surface area contributed by atoms with Crippen molar-refractivity contribution in [1.82, 2.24) is 5.32 Å². The molecule has 0 aliphatic rings. The van der Waals surface area contributed by atoms with Gasteiger partial charge in [0, 0.05) is 11.8 Å². The fraction of sp³-hybridized carbons (Fsp3) is 1.00. The fourth-order valence-electron chi connectivity index (χ4n) is 1.17. The van der Waals surface area contributed by atoms with Crippen LogP contribution in [0.15, 0.2) is 0 Å². The lowest BCUT2D eigenvalue weighted by Crippen LogP contribution is -2.36. The summed E-state index contributed by atoms with van der Waals surface area (Å²) in [5, 5.41) is 3.61. The van der Waals surface area contributed by atoms with Crippen LogP contribution >= 0.6 is 11.8 Å². The summed E-state index contributed by atoms with van der Waals surface area (Å²) in [5.41, 5.74) is 0. The zero-order valence-corrected chi connectivity index (χ0v) is 10.4. The molecule has 0 saturated carbocycles. The second-order valence-electron chi connectivity index (χ2n) is 3.88. The van der Waals surface area contributed by atoms with Crippen LogP contribution < -0.4 is 5.32 Å². The molecule has 0 saturated heterocycles. The van der Waals surface area contributed by atoms with Gasteiger partial charge in [0.1, 0.15) is 0 Å². The number of rotatable bonds is 8. The average molecular weight is 203 g/mol. The van der Waals surface area contributed by atoms with E-state index in [9.17, 15) is 0 Å². The van der Waals surface area contributed by atoms with Gasteiger partial charge in [-0.15, -0.1) is 0 Å². The van der Waals surface area contributed by atoms with E-state index in [-0.39, 0.29) is 0 Å². The Kier molecular flexibility index (Phi) is 9.10. The van der Waals surface area contributed by atoms with E-state index in [1.807, 2.05) is 0 Å². The van der Waals surface area contributed by atoms with Gasteiger partial charge >= 0.3 is 0 Å². The highest BCUT2D eigenvalue weighted by Crippen LogP contribution is 2.10. The monoisotopic (exact) mass is 203 g/mol. The minimum absolute atomic E-state index is 0.705. The zero-order valence-electron chi connectivity index (χ0n) is 9.60. The number of hydrogen-bond acceptors (Lipinski definition) is 2. The maximum absolute atomic E-state index is 3.61. The first-order chi connectivity index (χ1) is 6.22. The van der Waals surface area contributed by atoms with Crippen molar-refractivity contribution in [2.45, 2.75) is 46.6 Å². The molecule has 1 unspecified atom stereocenters. The molecule has 0 spiro atoms. The lowest BCUT2D eigenvalue weighted by molar-refractivity contribution is 0.434. The molecule has 0 aliphatic heterocycles. The maximum Gasteiger partial charge on any atom is 0.0181 e. The summed E-state index contributed by atoms with van der Waals surface area (Å²) < 4.78 is 0. The molecule has 0 radical (unpaired) electrons. The summed E-state index contributed by atoms with van der Waals surface area (Å²) >= 11 is 2.08. The summed E-state index contributed by atoms with van der Waals surface area (Å²) in [4.78, 5) is 0. The van der Waals surface area contributed by atoms with Gasteiger partial charge in [-0.05, 0) is 31.1 Å². The van der Waals surface area contributed by atoms with Crippen molar-refractivity contribution in [2.75, 3.05) is 18.1 Å². The van der Waals surface area contributed by atoms with Crippen molar-refractivity contribution in [2.24, 2.45) is 5.92 Å². The molecular weight excluding hydrogens is 178 g/mol. The van der Waals surface area contributed by atoms with Crippen LogP contribution in [0.3, 0.4) is 0 Å². The van der Waals surface area contributed by atoms with E-state index in [2.05, 4.69) is 44.8 Å². The highest BCUT2D eigenvalue weighted by atomic mass is 32.2. The van der Waals surface area contributed by atoms with Crippen molar-refractivity contribution in [3.63, 3.8) is 0 Å². The zero-order chi connectivity index (χ0) is 10.1.